The highest BCUT2D eigenvalue weighted by Crippen LogP contribution is 2.18. The molecule has 2 atom stereocenters. The standard InChI is InChI=1S/C23H23BrN2O3S/c1-17(19-11-8-12-20(24)16-19)25-23(27)22(15-18-9-4-2-5-10-18)26-30(28,29)21-13-6-3-7-14-21/h2-14,16-17,22,26H,15H2,1H3,(H,25,27)/t17-,22-/m1/s1. The van der Waals surface area contributed by atoms with Crippen LogP contribution in [-0.2, 0) is 21.2 Å². The molecule has 0 bridgehead atoms. The van der Waals surface area contributed by atoms with Crippen LogP contribution >= 0.6 is 15.9 Å². The predicted octanol–water partition coefficient (Wildman–Crippen LogP) is 4.22. The Kier molecular flexibility index (Phi) is 7.42. The van der Waals surface area contributed by atoms with Gasteiger partial charge in [0.25, 0.3) is 0 Å². The largest absolute Gasteiger partial charge is 0.348 e. The molecule has 0 heterocycles. The van der Waals surface area contributed by atoms with Crippen molar-refractivity contribution >= 4 is 31.9 Å². The van der Waals surface area contributed by atoms with Crippen molar-refractivity contribution < 1.29 is 13.2 Å². The van der Waals surface area contributed by atoms with Gasteiger partial charge in [-0.15, -0.1) is 0 Å². The smallest absolute Gasteiger partial charge is 0.241 e. The molecule has 0 aliphatic rings. The summed E-state index contributed by atoms with van der Waals surface area (Å²) in [5.74, 6) is -0.383. The molecule has 0 saturated carbocycles. The third-order valence-corrected chi connectivity index (χ3v) is 6.64. The van der Waals surface area contributed by atoms with E-state index >= 15 is 0 Å². The van der Waals surface area contributed by atoms with E-state index in [0.717, 1.165) is 15.6 Å². The minimum atomic E-state index is -3.85. The summed E-state index contributed by atoms with van der Waals surface area (Å²) in [5.41, 5.74) is 1.78. The first-order valence-electron chi connectivity index (χ1n) is 9.52. The lowest BCUT2D eigenvalue weighted by molar-refractivity contribution is -0.123. The minimum absolute atomic E-state index is 0.121. The Bertz CT molecular complexity index is 1090. The van der Waals surface area contributed by atoms with E-state index in [9.17, 15) is 13.2 Å². The SMILES string of the molecule is C[C@@H](NC(=O)[C@@H](Cc1ccccc1)NS(=O)(=O)c1ccccc1)c1cccc(Br)c1. The van der Waals surface area contributed by atoms with Crippen LogP contribution in [0.15, 0.2) is 94.3 Å². The molecule has 0 unspecified atom stereocenters. The van der Waals surface area contributed by atoms with Crippen molar-refractivity contribution in [2.24, 2.45) is 0 Å². The molecular weight excluding hydrogens is 464 g/mol. The maximum Gasteiger partial charge on any atom is 0.241 e. The molecule has 0 aromatic heterocycles. The molecule has 0 aliphatic carbocycles. The number of carbonyl (C=O) groups is 1. The van der Waals surface area contributed by atoms with Gasteiger partial charge < -0.3 is 5.32 Å². The van der Waals surface area contributed by atoms with Gasteiger partial charge in [-0.1, -0.05) is 76.6 Å². The molecule has 0 fully saturated rings. The van der Waals surface area contributed by atoms with E-state index in [4.69, 9.17) is 0 Å². The Balaban J connectivity index is 1.82. The summed E-state index contributed by atoms with van der Waals surface area (Å²) in [7, 11) is -3.85. The highest BCUT2D eigenvalue weighted by atomic mass is 79.9. The van der Waals surface area contributed by atoms with Gasteiger partial charge in [0.05, 0.1) is 10.9 Å². The van der Waals surface area contributed by atoms with Gasteiger partial charge in [-0.3, -0.25) is 4.79 Å². The number of benzene rings is 3. The number of hydrogen-bond acceptors (Lipinski definition) is 3. The highest BCUT2D eigenvalue weighted by molar-refractivity contribution is 9.10. The molecule has 30 heavy (non-hydrogen) atoms. The number of nitrogens with one attached hydrogen (secondary N) is 2. The summed E-state index contributed by atoms with van der Waals surface area (Å²) < 4.78 is 29.2. The number of hydrogen-bond donors (Lipinski definition) is 2. The maximum absolute atomic E-state index is 13.1. The molecule has 0 radical (unpaired) electrons. The normalized spacial score (nSPS) is 13.4. The molecule has 2 N–H and O–H groups in total. The molecule has 0 aliphatic heterocycles. The number of halogens is 1. The lowest BCUT2D eigenvalue weighted by atomic mass is 10.0. The summed E-state index contributed by atoms with van der Waals surface area (Å²) in [5, 5.41) is 2.93. The molecule has 1 amide bonds. The van der Waals surface area contributed by atoms with Crippen LogP contribution < -0.4 is 10.0 Å². The minimum Gasteiger partial charge on any atom is -0.348 e. The van der Waals surface area contributed by atoms with Gasteiger partial charge in [-0.2, -0.15) is 4.72 Å². The molecular formula is C23H23BrN2O3S. The van der Waals surface area contributed by atoms with Gasteiger partial charge in [0.15, 0.2) is 0 Å². The van der Waals surface area contributed by atoms with E-state index in [1.807, 2.05) is 61.5 Å². The fourth-order valence-electron chi connectivity index (χ4n) is 3.07. The van der Waals surface area contributed by atoms with E-state index < -0.39 is 16.1 Å². The first kappa shape index (κ1) is 22.2. The van der Waals surface area contributed by atoms with Crippen LogP contribution in [0.5, 0.6) is 0 Å². The molecule has 156 valence electrons. The Morgan fingerprint density at radius 1 is 0.933 bits per heavy atom. The Morgan fingerprint density at radius 3 is 2.20 bits per heavy atom. The van der Waals surface area contributed by atoms with Crippen LogP contribution in [0.1, 0.15) is 24.1 Å². The zero-order chi connectivity index (χ0) is 21.6. The van der Waals surface area contributed by atoms with E-state index in [0.29, 0.717) is 0 Å². The van der Waals surface area contributed by atoms with E-state index in [-0.39, 0.29) is 23.3 Å². The summed E-state index contributed by atoms with van der Waals surface area (Å²) in [6.45, 7) is 1.87. The molecule has 5 nitrogen and oxygen atoms in total. The van der Waals surface area contributed by atoms with Crippen molar-refractivity contribution in [3.05, 3.63) is 101 Å². The average molecular weight is 487 g/mol. The second-order valence-corrected chi connectivity index (χ2v) is 9.59. The van der Waals surface area contributed by atoms with Gasteiger partial charge in [-0.05, 0) is 48.7 Å². The highest BCUT2D eigenvalue weighted by Gasteiger charge is 2.27. The summed E-state index contributed by atoms with van der Waals surface area (Å²) >= 11 is 3.43. The number of sulfonamides is 1. The third kappa shape index (κ3) is 6.01. The van der Waals surface area contributed by atoms with Crippen LogP contribution in [0.3, 0.4) is 0 Å². The van der Waals surface area contributed by atoms with Crippen molar-refractivity contribution in [2.45, 2.75) is 30.3 Å². The molecule has 3 aromatic carbocycles. The predicted molar refractivity (Wildman–Crippen MR) is 121 cm³/mol. The van der Waals surface area contributed by atoms with Crippen LogP contribution in [-0.4, -0.2) is 20.4 Å². The zero-order valence-corrected chi connectivity index (χ0v) is 18.9. The monoisotopic (exact) mass is 486 g/mol. The quantitative estimate of drug-likeness (QED) is 0.500. The number of amides is 1. The lowest BCUT2D eigenvalue weighted by Crippen LogP contribution is -2.48. The third-order valence-electron chi connectivity index (χ3n) is 4.66. The van der Waals surface area contributed by atoms with Gasteiger partial charge >= 0.3 is 0 Å². The summed E-state index contributed by atoms with van der Waals surface area (Å²) in [6, 6.07) is 23.8. The van der Waals surface area contributed by atoms with Crippen LogP contribution in [0.25, 0.3) is 0 Å². The fraction of sp³-hybridized carbons (Fsp3) is 0.174. The van der Waals surface area contributed by atoms with Gasteiger partial charge in [-0.25, -0.2) is 8.42 Å². The molecule has 3 aromatic rings. The fourth-order valence-corrected chi connectivity index (χ4v) is 4.70. The zero-order valence-electron chi connectivity index (χ0n) is 16.5. The maximum atomic E-state index is 13.1. The van der Waals surface area contributed by atoms with Gasteiger partial charge in [0, 0.05) is 4.47 Å². The van der Waals surface area contributed by atoms with E-state index in [1.165, 1.54) is 12.1 Å². The van der Waals surface area contributed by atoms with Crippen molar-refractivity contribution in [2.75, 3.05) is 0 Å². The Labute approximate surface area is 185 Å². The second-order valence-electron chi connectivity index (χ2n) is 6.96. The van der Waals surface area contributed by atoms with Gasteiger partial charge in [0.2, 0.25) is 15.9 Å². The number of carbonyl (C=O) groups excluding carboxylic acids is 1. The number of rotatable bonds is 8. The van der Waals surface area contributed by atoms with Crippen LogP contribution in [0, 0.1) is 0 Å². The van der Waals surface area contributed by atoms with Crippen molar-refractivity contribution in [3.8, 4) is 0 Å². The molecule has 0 spiro atoms. The summed E-state index contributed by atoms with van der Waals surface area (Å²) in [4.78, 5) is 13.2. The van der Waals surface area contributed by atoms with Crippen molar-refractivity contribution in [1.82, 2.24) is 10.0 Å². The topological polar surface area (TPSA) is 75.3 Å². The van der Waals surface area contributed by atoms with Crippen molar-refractivity contribution in [3.63, 3.8) is 0 Å². The van der Waals surface area contributed by atoms with E-state index in [2.05, 4.69) is 26.0 Å². The average Bonchev–Trinajstić information content (AvgIpc) is 2.74. The summed E-state index contributed by atoms with van der Waals surface area (Å²) in [6.07, 6.45) is 0.240. The van der Waals surface area contributed by atoms with Gasteiger partial charge in [0.1, 0.15) is 6.04 Å². The molecule has 7 heteroatoms. The molecule has 0 saturated heterocycles. The van der Waals surface area contributed by atoms with Crippen molar-refractivity contribution in [1.29, 1.82) is 0 Å². The molecule has 3 rings (SSSR count). The Morgan fingerprint density at radius 2 is 1.57 bits per heavy atom. The Hall–Kier alpha value is -2.48. The van der Waals surface area contributed by atoms with E-state index in [1.54, 1.807) is 18.2 Å². The van der Waals surface area contributed by atoms with Crippen LogP contribution in [0.2, 0.25) is 0 Å². The second kappa shape index (κ2) is 10.0. The van der Waals surface area contributed by atoms with Crippen LogP contribution in [0.4, 0.5) is 0 Å². The lowest BCUT2D eigenvalue weighted by Gasteiger charge is -2.22. The first-order valence-corrected chi connectivity index (χ1v) is 11.8. The first-order chi connectivity index (χ1) is 14.3.